The molecule has 21 heavy (non-hydrogen) atoms. The Kier molecular flexibility index (Phi) is 3.33. The van der Waals surface area contributed by atoms with Crippen molar-refractivity contribution in [1.29, 1.82) is 0 Å². The largest absolute Gasteiger partial charge is 0.397 e. The number of hydrogen-bond donors (Lipinski definition) is 1. The lowest BCUT2D eigenvalue weighted by Gasteiger charge is -2.20. The van der Waals surface area contributed by atoms with Crippen LogP contribution in [-0.2, 0) is 0 Å². The highest BCUT2D eigenvalue weighted by Gasteiger charge is 2.31. The van der Waals surface area contributed by atoms with Gasteiger partial charge in [0.05, 0.1) is 11.3 Å². The van der Waals surface area contributed by atoms with Gasteiger partial charge in [-0.1, -0.05) is 38.1 Å². The van der Waals surface area contributed by atoms with Gasteiger partial charge in [-0.3, -0.25) is 9.59 Å². The highest BCUT2D eigenvalue weighted by Crippen LogP contribution is 2.37. The molecule has 0 spiro atoms. The number of nitrogen functional groups attached to an aromatic ring is 1. The maximum Gasteiger partial charge on any atom is 0.196 e. The quantitative estimate of drug-likeness (QED) is 0.580. The lowest BCUT2D eigenvalue weighted by molar-refractivity contribution is 0.0979. The van der Waals surface area contributed by atoms with Crippen LogP contribution >= 0.6 is 11.8 Å². The molecule has 0 radical (unpaired) electrons. The number of ketones is 2. The van der Waals surface area contributed by atoms with Crippen molar-refractivity contribution in [3.63, 3.8) is 0 Å². The zero-order valence-electron chi connectivity index (χ0n) is 11.8. The predicted molar refractivity (Wildman–Crippen MR) is 85.2 cm³/mol. The second-order valence-corrected chi connectivity index (χ2v) is 6.89. The van der Waals surface area contributed by atoms with E-state index in [9.17, 15) is 9.59 Å². The van der Waals surface area contributed by atoms with Crippen molar-refractivity contribution >= 4 is 29.0 Å². The van der Waals surface area contributed by atoms with Crippen molar-refractivity contribution < 1.29 is 9.59 Å². The first-order chi connectivity index (χ1) is 10.0. The van der Waals surface area contributed by atoms with Gasteiger partial charge < -0.3 is 5.73 Å². The number of fused-ring (bicyclic) bond motifs is 2. The molecular weight excluding hydrogens is 282 g/mol. The predicted octanol–water partition coefficient (Wildman–Crippen LogP) is 3.54. The summed E-state index contributed by atoms with van der Waals surface area (Å²) in [6.45, 7) is 4.12. The van der Waals surface area contributed by atoms with E-state index in [1.807, 2.05) is 6.07 Å². The van der Waals surface area contributed by atoms with E-state index in [1.165, 1.54) is 0 Å². The summed E-state index contributed by atoms with van der Waals surface area (Å²) in [7, 11) is 0. The van der Waals surface area contributed by atoms with E-state index in [1.54, 1.807) is 42.1 Å². The minimum absolute atomic E-state index is 0.131. The fourth-order valence-corrected chi connectivity index (χ4v) is 3.43. The van der Waals surface area contributed by atoms with Crippen LogP contribution in [0.25, 0.3) is 0 Å². The molecular formula is C17H15NO2S. The van der Waals surface area contributed by atoms with Crippen LogP contribution in [0.2, 0.25) is 0 Å². The molecule has 0 heterocycles. The standard InChI is InChI=1S/C17H15NO2S/c1-9(2)21-13-8-7-12-14(15(13)18)17(20)11-6-4-3-5-10(11)16(12)19/h3-9H,18H2,1-2H3. The summed E-state index contributed by atoms with van der Waals surface area (Å²) in [6, 6.07) is 10.4. The highest BCUT2D eigenvalue weighted by molar-refractivity contribution is 8.00. The summed E-state index contributed by atoms with van der Waals surface area (Å²) in [5.41, 5.74) is 8.24. The monoisotopic (exact) mass is 297 g/mol. The summed E-state index contributed by atoms with van der Waals surface area (Å²) >= 11 is 1.59. The normalized spacial score (nSPS) is 13.3. The van der Waals surface area contributed by atoms with Crippen LogP contribution in [0.3, 0.4) is 0 Å². The molecule has 0 saturated heterocycles. The molecule has 2 aromatic rings. The third-order valence-electron chi connectivity index (χ3n) is 3.46. The van der Waals surface area contributed by atoms with E-state index >= 15 is 0 Å². The molecule has 4 heteroatoms. The number of thioether (sulfide) groups is 1. The van der Waals surface area contributed by atoms with Crippen molar-refractivity contribution in [3.05, 3.63) is 58.7 Å². The van der Waals surface area contributed by atoms with Gasteiger partial charge in [-0.15, -0.1) is 11.8 Å². The third kappa shape index (κ3) is 2.16. The zero-order chi connectivity index (χ0) is 15.1. The molecule has 106 valence electrons. The van der Waals surface area contributed by atoms with Crippen LogP contribution < -0.4 is 5.73 Å². The van der Waals surface area contributed by atoms with E-state index < -0.39 is 0 Å². The zero-order valence-corrected chi connectivity index (χ0v) is 12.7. The molecule has 0 amide bonds. The molecule has 1 aliphatic rings. The van der Waals surface area contributed by atoms with Crippen LogP contribution in [0.15, 0.2) is 41.3 Å². The van der Waals surface area contributed by atoms with Crippen LogP contribution in [0, 0.1) is 0 Å². The van der Waals surface area contributed by atoms with Crippen LogP contribution in [0.1, 0.15) is 45.7 Å². The van der Waals surface area contributed by atoms with Crippen molar-refractivity contribution in [2.45, 2.75) is 24.0 Å². The summed E-state index contributed by atoms with van der Waals surface area (Å²) in [6.07, 6.45) is 0. The maximum atomic E-state index is 12.7. The Morgan fingerprint density at radius 2 is 1.52 bits per heavy atom. The van der Waals surface area contributed by atoms with Gasteiger partial charge in [-0.2, -0.15) is 0 Å². The topological polar surface area (TPSA) is 60.2 Å². The molecule has 0 unspecified atom stereocenters. The summed E-state index contributed by atoms with van der Waals surface area (Å²) in [5.74, 6) is -0.295. The fourth-order valence-electron chi connectivity index (χ4n) is 2.55. The van der Waals surface area contributed by atoms with Gasteiger partial charge in [-0.25, -0.2) is 0 Å². The van der Waals surface area contributed by atoms with Gasteiger partial charge in [-0.05, 0) is 12.1 Å². The fraction of sp³-hybridized carbons (Fsp3) is 0.176. The first-order valence-electron chi connectivity index (χ1n) is 6.78. The molecule has 1 aliphatic carbocycles. The van der Waals surface area contributed by atoms with E-state index in [0.29, 0.717) is 33.2 Å². The van der Waals surface area contributed by atoms with Gasteiger partial charge in [0, 0.05) is 26.8 Å². The molecule has 0 saturated carbocycles. The number of nitrogens with two attached hydrogens (primary N) is 1. The molecule has 2 aromatic carbocycles. The first-order valence-corrected chi connectivity index (χ1v) is 7.66. The average Bonchev–Trinajstić information content (AvgIpc) is 2.46. The number of rotatable bonds is 2. The summed E-state index contributed by atoms with van der Waals surface area (Å²) in [5, 5.41) is 0.354. The second-order valence-electron chi connectivity index (χ2n) is 5.27. The number of carbonyl (C=O) groups is 2. The second kappa shape index (κ2) is 5.04. The number of carbonyl (C=O) groups excluding carboxylic acids is 2. The Labute approximate surface area is 127 Å². The van der Waals surface area contributed by atoms with Crippen molar-refractivity contribution in [2.75, 3.05) is 5.73 Å². The van der Waals surface area contributed by atoms with Crippen molar-refractivity contribution in [1.82, 2.24) is 0 Å². The van der Waals surface area contributed by atoms with Crippen LogP contribution in [0.4, 0.5) is 5.69 Å². The van der Waals surface area contributed by atoms with Gasteiger partial charge in [0.2, 0.25) is 0 Å². The number of benzene rings is 2. The first kappa shape index (κ1) is 13.9. The Morgan fingerprint density at radius 3 is 2.14 bits per heavy atom. The summed E-state index contributed by atoms with van der Waals surface area (Å²) < 4.78 is 0. The van der Waals surface area contributed by atoms with Crippen LogP contribution in [0.5, 0.6) is 0 Å². The van der Waals surface area contributed by atoms with E-state index in [2.05, 4.69) is 13.8 Å². The molecule has 0 aliphatic heterocycles. The van der Waals surface area contributed by atoms with Gasteiger partial charge in [0.25, 0.3) is 0 Å². The Bertz CT molecular complexity index is 765. The lowest BCUT2D eigenvalue weighted by atomic mass is 9.83. The SMILES string of the molecule is CC(C)Sc1ccc2c(c1N)C(=O)c1ccccc1C2=O. The van der Waals surface area contributed by atoms with Crippen molar-refractivity contribution in [3.8, 4) is 0 Å². The van der Waals surface area contributed by atoms with Crippen LogP contribution in [-0.4, -0.2) is 16.8 Å². The molecule has 0 aromatic heterocycles. The Morgan fingerprint density at radius 1 is 0.905 bits per heavy atom. The van der Waals surface area contributed by atoms with Gasteiger partial charge >= 0.3 is 0 Å². The molecule has 3 rings (SSSR count). The molecule has 0 atom stereocenters. The minimum Gasteiger partial charge on any atom is -0.397 e. The number of hydrogen-bond acceptors (Lipinski definition) is 4. The Hall–Kier alpha value is -2.07. The van der Waals surface area contributed by atoms with Gasteiger partial charge in [0.15, 0.2) is 11.6 Å². The summed E-state index contributed by atoms with van der Waals surface area (Å²) in [4.78, 5) is 26.0. The number of anilines is 1. The molecule has 0 fully saturated rings. The Balaban J connectivity index is 2.21. The third-order valence-corrected chi connectivity index (χ3v) is 4.54. The minimum atomic E-state index is -0.163. The molecule has 2 N–H and O–H groups in total. The van der Waals surface area contributed by atoms with E-state index in [0.717, 1.165) is 4.90 Å². The van der Waals surface area contributed by atoms with Gasteiger partial charge in [0.1, 0.15) is 0 Å². The smallest absolute Gasteiger partial charge is 0.196 e. The highest BCUT2D eigenvalue weighted by atomic mass is 32.2. The maximum absolute atomic E-state index is 12.7. The molecule has 0 bridgehead atoms. The lowest BCUT2D eigenvalue weighted by Crippen LogP contribution is -2.22. The van der Waals surface area contributed by atoms with E-state index in [4.69, 9.17) is 5.73 Å². The van der Waals surface area contributed by atoms with E-state index in [-0.39, 0.29) is 11.6 Å². The van der Waals surface area contributed by atoms with Crippen molar-refractivity contribution in [2.24, 2.45) is 0 Å². The average molecular weight is 297 g/mol. The molecule has 3 nitrogen and oxygen atoms in total.